The Kier molecular flexibility index (Phi) is 4.52. The Morgan fingerprint density at radius 3 is 2.35 bits per heavy atom. The molecule has 20 heavy (non-hydrogen) atoms. The minimum absolute atomic E-state index is 0.139. The molecule has 1 amide bonds. The molecule has 0 saturated carbocycles. The molecule has 0 aromatic heterocycles. The highest BCUT2D eigenvalue weighted by atomic mass is 16.2. The van der Waals surface area contributed by atoms with Crippen LogP contribution in [0.1, 0.15) is 62.9 Å². The maximum atomic E-state index is 12.5. The van der Waals surface area contributed by atoms with E-state index in [2.05, 4.69) is 39.8 Å². The first-order valence-corrected chi connectivity index (χ1v) is 7.78. The maximum Gasteiger partial charge on any atom is 0.253 e. The Morgan fingerprint density at radius 1 is 1.10 bits per heavy atom. The van der Waals surface area contributed by atoms with Gasteiger partial charge >= 0.3 is 0 Å². The first kappa shape index (κ1) is 15.1. The summed E-state index contributed by atoms with van der Waals surface area (Å²) in [6.07, 6.45) is 3.51. The van der Waals surface area contributed by atoms with Crippen molar-refractivity contribution in [1.29, 1.82) is 0 Å². The van der Waals surface area contributed by atoms with E-state index in [9.17, 15) is 4.79 Å². The molecule has 0 radical (unpaired) electrons. The lowest BCUT2D eigenvalue weighted by Gasteiger charge is -2.22. The molecule has 1 heterocycles. The zero-order valence-corrected chi connectivity index (χ0v) is 13.3. The van der Waals surface area contributed by atoms with E-state index in [4.69, 9.17) is 0 Å². The number of likely N-dealkylation sites (tertiary alicyclic amines) is 1. The van der Waals surface area contributed by atoms with E-state index in [0.717, 1.165) is 37.4 Å². The van der Waals surface area contributed by atoms with E-state index in [-0.39, 0.29) is 11.3 Å². The molecule has 0 bridgehead atoms. The van der Waals surface area contributed by atoms with Gasteiger partial charge in [-0.25, -0.2) is 0 Å². The molecule has 1 aliphatic heterocycles. The average Bonchev–Trinajstić information content (AvgIpc) is 2.62. The van der Waals surface area contributed by atoms with Crippen molar-refractivity contribution in [1.82, 2.24) is 4.90 Å². The molecular formula is C18H27NO. The van der Waals surface area contributed by atoms with Crippen molar-refractivity contribution in [3.63, 3.8) is 0 Å². The Labute approximate surface area is 123 Å². The number of rotatable bonds is 1. The third-order valence-corrected chi connectivity index (χ3v) is 4.30. The van der Waals surface area contributed by atoms with E-state index in [0.29, 0.717) is 0 Å². The van der Waals surface area contributed by atoms with Crippen molar-refractivity contribution in [2.75, 3.05) is 13.1 Å². The minimum Gasteiger partial charge on any atom is -0.339 e. The standard InChI is InChI=1S/C18H27NO/c1-14-6-5-12-19(13-11-14)17(20)15-7-9-16(10-8-15)18(2,3)4/h7-10,14H,5-6,11-13H2,1-4H3. The zero-order chi connectivity index (χ0) is 14.8. The van der Waals surface area contributed by atoms with Gasteiger partial charge in [-0.3, -0.25) is 4.79 Å². The molecule has 1 aliphatic rings. The summed E-state index contributed by atoms with van der Waals surface area (Å²) in [6, 6.07) is 8.15. The van der Waals surface area contributed by atoms with Gasteiger partial charge in [0.2, 0.25) is 0 Å². The largest absolute Gasteiger partial charge is 0.339 e. The van der Waals surface area contributed by atoms with Crippen molar-refractivity contribution in [2.45, 2.75) is 52.4 Å². The van der Waals surface area contributed by atoms with Crippen molar-refractivity contribution >= 4 is 5.91 Å². The molecule has 1 fully saturated rings. The molecule has 1 aromatic rings. The second-order valence-electron chi connectivity index (χ2n) is 7.16. The maximum absolute atomic E-state index is 12.5. The fourth-order valence-corrected chi connectivity index (χ4v) is 2.76. The van der Waals surface area contributed by atoms with Crippen molar-refractivity contribution in [3.05, 3.63) is 35.4 Å². The second kappa shape index (κ2) is 5.99. The van der Waals surface area contributed by atoms with Gasteiger partial charge in [0.05, 0.1) is 0 Å². The van der Waals surface area contributed by atoms with Crippen LogP contribution in [0.15, 0.2) is 24.3 Å². The van der Waals surface area contributed by atoms with E-state index in [1.54, 1.807) is 0 Å². The predicted molar refractivity (Wildman–Crippen MR) is 84.1 cm³/mol. The quantitative estimate of drug-likeness (QED) is 0.749. The first-order valence-electron chi connectivity index (χ1n) is 7.78. The highest BCUT2D eigenvalue weighted by molar-refractivity contribution is 5.94. The lowest BCUT2D eigenvalue weighted by molar-refractivity contribution is 0.0760. The SMILES string of the molecule is CC1CCCN(C(=O)c2ccc(C(C)(C)C)cc2)CC1. The highest BCUT2D eigenvalue weighted by Crippen LogP contribution is 2.23. The van der Waals surface area contributed by atoms with Crippen LogP contribution in [0.4, 0.5) is 0 Å². The molecule has 1 atom stereocenters. The number of nitrogens with zero attached hydrogens (tertiary/aromatic N) is 1. The highest BCUT2D eigenvalue weighted by Gasteiger charge is 2.20. The summed E-state index contributed by atoms with van der Waals surface area (Å²) < 4.78 is 0. The second-order valence-corrected chi connectivity index (χ2v) is 7.16. The monoisotopic (exact) mass is 273 g/mol. The summed E-state index contributed by atoms with van der Waals surface area (Å²) in [4.78, 5) is 14.6. The number of hydrogen-bond acceptors (Lipinski definition) is 1. The molecule has 2 rings (SSSR count). The summed E-state index contributed by atoms with van der Waals surface area (Å²) in [7, 11) is 0. The molecule has 0 aliphatic carbocycles. The number of amides is 1. The topological polar surface area (TPSA) is 20.3 Å². The van der Waals surface area contributed by atoms with Gasteiger partial charge in [-0.1, -0.05) is 39.8 Å². The zero-order valence-electron chi connectivity index (χ0n) is 13.3. The Bertz CT molecular complexity index is 455. The van der Waals surface area contributed by atoms with Crippen molar-refractivity contribution < 1.29 is 4.79 Å². The fourth-order valence-electron chi connectivity index (χ4n) is 2.76. The normalized spacial score (nSPS) is 20.6. The third kappa shape index (κ3) is 3.62. The molecular weight excluding hydrogens is 246 g/mol. The molecule has 2 nitrogen and oxygen atoms in total. The van der Waals surface area contributed by atoms with Crippen LogP contribution in [-0.2, 0) is 5.41 Å². The molecule has 1 saturated heterocycles. The first-order chi connectivity index (χ1) is 9.38. The number of carbonyl (C=O) groups excluding carboxylic acids is 1. The molecule has 0 N–H and O–H groups in total. The van der Waals surface area contributed by atoms with E-state index < -0.39 is 0 Å². The van der Waals surface area contributed by atoms with Crippen LogP contribution >= 0.6 is 0 Å². The van der Waals surface area contributed by atoms with E-state index in [1.807, 2.05) is 17.0 Å². The van der Waals surface area contributed by atoms with Crippen LogP contribution in [0.5, 0.6) is 0 Å². The summed E-state index contributed by atoms with van der Waals surface area (Å²) in [5.74, 6) is 0.940. The smallest absolute Gasteiger partial charge is 0.253 e. The van der Waals surface area contributed by atoms with Crippen LogP contribution in [-0.4, -0.2) is 23.9 Å². The van der Waals surface area contributed by atoms with Crippen LogP contribution in [0.2, 0.25) is 0 Å². The molecule has 2 heteroatoms. The molecule has 0 spiro atoms. The lowest BCUT2D eigenvalue weighted by atomic mass is 9.86. The van der Waals surface area contributed by atoms with Crippen molar-refractivity contribution in [2.24, 2.45) is 5.92 Å². The van der Waals surface area contributed by atoms with E-state index >= 15 is 0 Å². The number of benzene rings is 1. The van der Waals surface area contributed by atoms with Crippen LogP contribution in [0.3, 0.4) is 0 Å². The Morgan fingerprint density at radius 2 is 1.75 bits per heavy atom. The Balaban J connectivity index is 2.09. The molecule has 1 aromatic carbocycles. The molecule has 1 unspecified atom stereocenters. The van der Waals surface area contributed by atoms with Crippen LogP contribution in [0, 0.1) is 5.92 Å². The van der Waals surface area contributed by atoms with Gasteiger partial charge in [0.1, 0.15) is 0 Å². The van der Waals surface area contributed by atoms with E-state index in [1.165, 1.54) is 12.0 Å². The fraction of sp³-hybridized carbons (Fsp3) is 0.611. The van der Waals surface area contributed by atoms with Gasteiger partial charge in [-0.05, 0) is 48.3 Å². The predicted octanol–water partition coefficient (Wildman–Crippen LogP) is 4.25. The average molecular weight is 273 g/mol. The van der Waals surface area contributed by atoms with Gasteiger partial charge < -0.3 is 4.90 Å². The van der Waals surface area contributed by atoms with Gasteiger partial charge in [-0.2, -0.15) is 0 Å². The summed E-state index contributed by atoms with van der Waals surface area (Å²) >= 11 is 0. The van der Waals surface area contributed by atoms with Gasteiger partial charge in [-0.15, -0.1) is 0 Å². The molecule has 110 valence electrons. The summed E-state index contributed by atoms with van der Waals surface area (Å²) in [5, 5.41) is 0. The summed E-state index contributed by atoms with van der Waals surface area (Å²) in [6.45, 7) is 10.7. The van der Waals surface area contributed by atoms with Crippen LogP contribution in [0.25, 0.3) is 0 Å². The van der Waals surface area contributed by atoms with Gasteiger partial charge in [0, 0.05) is 18.7 Å². The minimum atomic E-state index is 0.139. The van der Waals surface area contributed by atoms with Crippen LogP contribution < -0.4 is 0 Å². The number of carbonyl (C=O) groups is 1. The summed E-state index contributed by atoms with van der Waals surface area (Å²) in [5.41, 5.74) is 2.24. The van der Waals surface area contributed by atoms with Gasteiger partial charge in [0.25, 0.3) is 5.91 Å². The lowest BCUT2D eigenvalue weighted by Crippen LogP contribution is -2.32. The third-order valence-electron chi connectivity index (χ3n) is 4.30. The number of hydrogen-bond donors (Lipinski definition) is 0. The Hall–Kier alpha value is -1.31. The van der Waals surface area contributed by atoms with Gasteiger partial charge in [0.15, 0.2) is 0 Å². The van der Waals surface area contributed by atoms with Crippen molar-refractivity contribution in [3.8, 4) is 0 Å².